The van der Waals surface area contributed by atoms with E-state index in [0.29, 0.717) is 19.8 Å². The molecule has 0 aliphatic carbocycles. The predicted octanol–water partition coefficient (Wildman–Crippen LogP) is 0.243. The molecule has 86 valence electrons. The maximum absolute atomic E-state index is 10.8. The highest BCUT2D eigenvalue weighted by Crippen LogP contribution is 2.11. The van der Waals surface area contributed by atoms with Gasteiger partial charge in [0.2, 0.25) is 5.91 Å². The van der Waals surface area contributed by atoms with Gasteiger partial charge in [0.05, 0.1) is 13.2 Å². The van der Waals surface area contributed by atoms with Crippen LogP contribution >= 0.6 is 11.6 Å². The molecule has 2 unspecified atom stereocenters. The zero-order chi connectivity index (χ0) is 11.1. The molecule has 1 fully saturated rings. The zero-order valence-electron chi connectivity index (χ0n) is 8.28. The van der Waals surface area contributed by atoms with Gasteiger partial charge in [-0.1, -0.05) is 6.08 Å². The molecule has 2 atom stereocenters. The second-order valence-corrected chi connectivity index (χ2v) is 3.21. The van der Waals surface area contributed by atoms with E-state index in [1.165, 1.54) is 0 Å². The Morgan fingerprint density at radius 1 is 1.73 bits per heavy atom. The standard InChI is InChI=1S/C9H14ClNO4/c1-2-3-13-9-14-6-7(15-9)5-11-8(12)4-10/h2,7,9H,1,3-6H2,(H,11,12). The predicted molar refractivity (Wildman–Crippen MR) is 54.5 cm³/mol. The number of carbonyl (C=O) groups is 1. The molecule has 1 heterocycles. The van der Waals surface area contributed by atoms with E-state index in [1.54, 1.807) is 6.08 Å². The summed E-state index contributed by atoms with van der Waals surface area (Å²) in [5.41, 5.74) is 0. The molecule has 0 radical (unpaired) electrons. The first-order chi connectivity index (χ1) is 7.26. The molecule has 0 aromatic rings. The number of carbonyl (C=O) groups excluding carboxylic acids is 1. The van der Waals surface area contributed by atoms with Crippen molar-refractivity contribution in [2.45, 2.75) is 12.6 Å². The highest BCUT2D eigenvalue weighted by molar-refractivity contribution is 6.27. The van der Waals surface area contributed by atoms with Crippen LogP contribution in [0.25, 0.3) is 0 Å². The first kappa shape index (κ1) is 12.4. The van der Waals surface area contributed by atoms with Crippen molar-refractivity contribution in [2.24, 2.45) is 0 Å². The lowest BCUT2D eigenvalue weighted by Crippen LogP contribution is -2.34. The average molecular weight is 236 g/mol. The molecule has 0 bridgehead atoms. The maximum Gasteiger partial charge on any atom is 0.272 e. The van der Waals surface area contributed by atoms with Crippen molar-refractivity contribution >= 4 is 17.5 Å². The van der Waals surface area contributed by atoms with E-state index in [9.17, 15) is 4.79 Å². The Hall–Kier alpha value is -0.620. The first-order valence-electron chi connectivity index (χ1n) is 4.58. The topological polar surface area (TPSA) is 56.8 Å². The van der Waals surface area contributed by atoms with Crippen LogP contribution in [0.3, 0.4) is 0 Å². The average Bonchev–Trinajstić information content (AvgIpc) is 2.71. The minimum Gasteiger partial charge on any atom is -0.352 e. The van der Waals surface area contributed by atoms with Gasteiger partial charge in [0.15, 0.2) is 0 Å². The van der Waals surface area contributed by atoms with E-state index in [2.05, 4.69) is 11.9 Å². The number of rotatable bonds is 6. The van der Waals surface area contributed by atoms with Crippen LogP contribution in [0.1, 0.15) is 0 Å². The summed E-state index contributed by atoms with van der Waals surface area (Å²) >= 11 is 5.31. The van der Waals surface area contributed by atoms with Gasteiger partial charge in [0.25, 0.3) is 6.48 Å². The van der Waals surface area contributed by atoms with E-state index < -0.39 is 6.48 Å². The normalized spacial score (nSPS) is 25.1. The van der Waals surface area contributed by atoms with Gasteiger partial charge in [-0.05, 0) is 0 Å². The Morgan fingerprint density at radius 2 is 2.53 bits per heavy atom. The quantitative estimate of drug-likeness (QED) is 0.530. The molecule has 1 N–H and O–H groups in total. The van der Waals surface area contributed by atoms with Crippen molar-refractivity contribution in [1.29, 1.82) is 0 Å². The zero-order valence-corrected chi connectivity index (χ0v) is 9.03. The van der Waals surface area contributed by atoms with Crippen LogP contribution in [-0.4, -0.2) is 44.1 Å². The Labute approximate surface area is 93.3 Å². The number of alkyl halides is 1. The summed E-state index contributed by atoms with van der Waals surface area (Å²) in [6.45, 7) is 3.97. The molecule has 15 heavy (non-hydrogen) atoms. The molecule has 1 aliphatic heterocycles. The summed E-state index contributed by atoms with van der Waals surface area (Å²) in [4.78, 5) is 10.8. The maximum atomic E-state index is 10.8. The molecule has 5 nitrogen and oxygen atoms in total. The summed E-state index contributed by atoms with van der Waals surface area (Å²) in [5, 5.41) is 2.60. The highest BCUT2D eigenvalue weighted by Gasteiger charge is 2.26. The Kier molecular flexibility index (Phi) is 5.63. The largest absolute Gasteiger partial charge is 0.352 e. The van der Waals surface area contributed by atoms with Gasteiger partial charge in [0.1, 0.15) is 12.0 Å². The van der Waals surface area contributed by atoms with Gasteiger partial charge < -0.3 is 19.5 Å². The van der Waals surface area contributed by atoms with Crippen molar-refractivity contribution in [3.63, 3.8) is 0 Å². The van der Waals surface area contributed by atoms with Crippen LogP contribution in [0.4, 0.5) is 0 Å². The Morgan fingerprint density at radius 3 is 3.20 bits per heavy atom. The fourth-order valence-electron chi connectivity index (χ4n) is 1.04. The van der Waals surface area contributed by atoms with E-state index in [4.69, 9.17) is 25.8 Å². The fourth-order valence-corrected chi connectivity index (χ4v) is 1.13. The number of ether oxygens (including phenoxy) is 3. The smallest absolute Gasteiger partial charge is 0.272 e. The number of nitrogens with one attached hydrogen (secondary N) is 1. The number of halogens is 1. The van der Waals surface area contributed by atoms with Gasteiger partial charge in [0, 0.05) is 6.54 Å². The van der Waals surface area contributed by atoms with Crippen LogP contribution in [0, 0.1) is 0 Å². The van der Waals surface area contributed by atoms with Crippen molar-refractivity contribution in [2.75, 3.05) is 25.6 Å². The van der Waals surface area contributed by atoms with Gasteiger partial charge in [-0.2, -0.15) is 0 Å². The monoisotopic (exact) mass is 235 g/mol. The third-order valence-corrected chi connectivity index (χ3v) is 1.96. The fraction of sp³-hybridized carbons (Fsp3) is 0.667. The van der Waals surface area contributed by atoms with Gasteiger partial charge >= 0.3 is 0 Å². The second kappa shape index (κ2) is 6.79. The third-order valence-electron chi connectivity index (χ3n) is 1.72. The summed E-state index contributed by atoms with van der Waals surface area (Å²) in [5.74, 6) is -0.278. The molecule has 1 aliphatic rings. The number of hydrogen-bond acceptors (Lipinski definition) is 4. The van der Waals surface area contributed by atoms with E-state index in [-0.39, 0.29) is 17.9 Å². The highest BCUT2D eigenvalue weighted by atomic mass is 35.5. The van der Waals surface area contributed by atoms with Crippen molar-refractivity contribution in [3.8, 4) is 0 Å². The molecule has 0 saturated carbocycles. The Bertz CT molecular complexity index is 224. The van der Waals surface area contributed by atoms with Crippen LogP contribution in [0.15, 0.2) is 12.7 Å². The summed E-state index contributed by atoms with van der Waals surface area (Å²) in [7, 11) is 0. The van der Waals surface area contributed by atoms with Gasteiger partial charge in [-0.3, -0.25) is 4.79 Å². The molecular weight excluding hydrogens is 222 g/mol. The van der Waals surface area contributed by atoms with Gasteiger partial charge in [-0.15, -0.1) is 18.2 Å². The molecule has 0 aromatic heterocycles. The number of hydrogen-bond donors (Lipinski definition) is 1. The molecule has 0 spiro atoms. The molecule has 1 rings (SSSR count). The first-order valence-corrected chi connectivity index (χ1v) is 5.12. The van der Waals surface area contributed by atoms with E-state index in [0.717, 1.165) is 0 Å². The minimum absolute atomic E-state index is 0.0516. The van der Waals surface area contributed by atoms with Crippen LogP contribution in [0.2, 0.25) is 0 Å². The van der Waals surface area contributed by atoms with Crippen molar-refractivity contribution in [3.05, 3.63) is 12.7 Å². The van der Waals surface area contributed by atoms with Crippen LogP contribution in [-0.2, 0) is 19.0 Å². The molecule has 1 amide bonds. The SMILES string of the molecule is C=CCOC1OCC(CNC(=O)CCl)O1. The molecule has 1 saturated heterocycles. The summed E-state index contributed by atoms with van der Waals surface area (Å²) in [6.07, 6.45) is 1.42. The van der Waals surface area contributed by atoms with Crippen molar-refractivity contribution in [1.82, 2.24) is 5.32 Å². The van der Waals surface area contributed by atoms with Crippen LogP contribution in [0.5, 0.6) is 0 Å². The lowest BCUT2D eigenvalue weighted by Gasteiger charge is -2.11. The van der Waals surface area contributed by atoms with Gasteiger partial charge in [-0.25, -0.2) is 0 Å². The minimum atomic E-state index is -0.666. The third kappa shape index (κ3) is 4.61. The van der Waals surface area contributed by atoms with Crippen molar-refractivity contribution < 1.29 is 19.0 Å². The molecular formula is C9H14ClNO4. The summed E-state index contributed by atoms with van der Waals surface area (Å²) < 4.78 is 15.6. The molecule has 6 heteroatoms. The Balaban J connectivity index is 2.13. The van der Waals surface area contributed by atoms with E-state index >= 15 is 0 Å². The second-order valence-electron chi connectivity index (χ2n) is 2.94. The number of amides is 1. The molecule has 0 aromatic carbocycles. The lowest BCUT2D eigenvalue weighted by atomic mass is 10.4. The lowest BCUT2D eigenvalue weighted by molar-refractivity contribution is -0.231. The van der Waals surface area contributed by atoms with E-state index in [1.807, 2.05) is 0 Å². The van der Waals surface area contributed by atoms with Crippen LogP contribution < -0.4 is 5.32 Å². The summed E-state index contributed by atoms with van der Waals surface area (Å²) in [6, 6.07) is 0.